The van der Waals surface area contributed by atoms with E-state index < -0.39 is 5.60 Å². The van der Waals surface area contributed by atoms with E-state index in [1.165, 1.54) is 0 Å². The summed E-state index contributed by atoms with van der Waals surface area (Å²) in [7, 11) is 0. The summed E-state index contributed by atoms with van der Waals surface area (Å²) >= 11 is 0. The largest absolute Gasteiger partial charge is 0.460 e. The van der Waals surface area contributed by atoms with Crippen LogP contribution in [-0.4, -0.2) is 17.7 Å². The Balaban J connectivity index is 1.68. The Hall–Kier alpha value is -1.61. The molecule has 0 unspecified atom stereocenters. The number of hydrogen-bond acceptors (Lipinski definition) is 3. The van der Waals surface area contributed by atoms with E-state index in [0.29, 0.717) is 12.5 Å². The third kappa shape index (κ3) is 3.25. The van der Waals surface area contributed by atoms with Crippen LogP contribution in [0.5, 0.6) is 0 Å². The van der Waals surface area contributed by atoms with Gasteiger partial charge in [0.05, 0.1) is 18.6 Å². The number of ether oxygens (including phenoxy) is 2. The maximum absolute atomic E-state index is 12.5. The van der Waals surface area contributed by atoms with Gasteiger partial charge in [-0.2, -0.15) is 0 Å². The summed E-state index contributed by atoms with van der Waals surface area (Å²) in [6.45, 7) is 6.28. The number of hydrogen-bond donors (Lipinski definition) is 0. The maximum Gasteiger partial charge on any atom is 0.312 e. The minimum absolute atomic E-state index is 0.0648. The molecule has 0 heterocycles. The van der Waals surface area contributed by atoms with E-state index in [0.717, 1.165) is 12.0 Å². The number of rotatable bonds is 4. The number of allylic oxidation sites excluding steroid dienone is 1. The van der Waals surface area contributed by atoms with Crippen LogP contribution >= 0.6 is 0 Å². The molecule has 1 saturated carbocycles. The molecule has 0 N–H and O–H groups in total. The highest BCUT2D eigenvalue weighted by Gasteiger charge is 2.50. The Labute approximate surface area is 132 Å². The maximum atomic E-state index is 12.5. The van der Waals surface area contributed by atoms with Crippen LogP contribution in [0.4, 0.5) is 0 Å². The number of fused-ring (bicyclic) bond motifs is 2. The monoisotopic (exact) mass is 300 g/mol. The molecule has 0 radical (unpaired) electrons. The first kappa shape index (κ1) is 15.3. The van der Waals surface area contributed by atoms with Gasteiger partial charge in [-0.25, -0.2) is 0 Å². The molecule has 2 aliphatic rings. The Bertz CT molecular complexity index is 556. The zero-order valence-electron chi connectivity index (χ0n) is 13.5. The van der Waals surface area contributed by atoms with E-state index in [-0.39, 0.29) is 23.9 Å². The van der Waals surface area contributed by atoms with Gasteiger partial charge in [-0.3, -0.25) is 4.79 Å². The second-order valence-corrected chi connectivity index (χ2v) is 7.27. The lowest BCUT2D eigenvalue weighted by Gasteiger charge is -2.29. The van der Waals surface area contributed by atoms with Crippen molar-refractivity contribution in [3.63, 3.8) is 0 Å². The lowest BCUT2D eigenvalue weighted by molar-refractivity contribution is -0.166. The molecule has 2 bridgehead atoms. The van der Waals surface area contributed by atoms with E-state index in [1.54, 1.807) is 0 Å². The summed E-state index contributed by atoms with van der Waals surface area (Å²) in [5, 5.41) is 0. The fourth-order valence-corrected chi connectivity index (χ4v) is 3.45. The Morgan fingerprint density at radius 1 is 1.14 bits per heavy atom. The molecule has 4 atom stereocenters. The summed E-state index contributed by atoms with van der Waals surface area (Å²) in [6.07, 6.45) is 5.29. The number of carbonyl (C=O) groups excluding carboxylic acids is 1. The first-order valence-corrected chi connectivity index (χ1v) is 8.01. The van der Waals surface area contributed by atoms with Crippen molar-refractivity contribution in [2.24, 2.45) is 17.8 Å². The second kappa shape index (κ2) is 5.88. The molecule has 3 nitrogen and oxygen atoms in total. The predicted molar refractivity (Wildman–Crippen MR) is 85.1 cm³/mol. The van der Waals surface area contributed by atoms with Crippen LogP contribution in [0.1, 0.15) is 32.8 Å². The highest BCUT2D eigenvalue weighted by atomic mass is 16.6. The van der Waals surface area contributed by atoms with Gasteiger partial charge in [-0.05, 0) is 38.7 Å². The third-order valence-electron chi connectivity index (χ3n) is 4.35. The summed E-state index contributed by atoms with van der Waals surface area (Å²) in [4.78, 5) is 12.5. The molecular formula is C19H24O3. The standard InChI is InChI=1S/C19H24O3/c1-19(2,3)22-18(20)16-14-9-10-15(11-14)17(16)21-12-13-7-5-4-6-8-13/h4-10,14-17H,11-12H2,1-3H3/t14-,15+,16+,17+/m1/s1. The molecule has 0 spiro atoms. The lowest BCUT2D eigenvalue weighted by Crippen LogP contribution is -2.38. The van der Waals surface area contributed by atoms with Gasteiger partial charge in [0.2, 0.25) is 0 Å². The molecular weight excluding hydrogens is 276 g/mol. The van der Waals surface area contributed by atoms with Crippen LogP contribution in [-0.2, 0) is 20.9 Å². The van der Waals surface area contributed by atoms with Crippen LogP contribution in [0.2, 0.25) is 0 Å². The SMILES string of the molecule is CC(C)(C)OC(=O)[C@@H]1[C@@H](OCc2ccccc2)[C@H]2C=C[C@@H]1C2. The van der Waals surface area contributed by atoms with Gasteiger partial charge in [0.25, 0.3) is 0 Å². The Morgan fingerprint density at radius 2 is 1.82 bits per heavy atom. The predicted octanol–water partition coefficient (Wildman–Crippen LogP) is 3.74. The molecule has 0 aliphatic heterocycles. The second-order valence-electron chi connectivity index (χ2n) is 7.27. The van der Waals surface area contributed by atoms with Crippen molar-refractivity contribution in [2.75, 3.05) is 0 Å². The average Bonchev–Trinajstić information content (AvgIpc) is 3.05. The fraction of sp³-hybridized carbons (Fsp3) is 0.526. The molecule has 0 saturated heterocycles. The van der Waals surface area contributed by atoms with Crippen LogP contribution < -0.4 is 0 Å². The minimum Gasteiger partial charge on any atom is -0.460 e. The van der Waals surface area contributed by atoms with Crippen molar-refractivity contribution >= 4 is 5.97 Å². The molecule has 3 heteroatoms. The molecule has 3 rings (SSSR count). The van der Waals surface area contributed by atoms with E-state index >= 15 is 0 Å². The highest BCUT2D eigenvalue weighted by molar-refractivity contribution is 5.75. The topological polar surface area (TPSA) is 35.5 Å². The van der Waals surface area contributed by atoms with Crippen LogP contribution in [0.3, 0.4) is 0 Å². The first-order valence-electron chi connectivity index (χ1n) is 8.01. The summed E-state index contributed by atoms with van der Waals surface area (Å²) < 4.78 is 11.7. The van der Waals surface area contributed by atoms with Crippen LogP contribution in [0.15, 0.2) is 42.5 Å². The number of carbonyl (C=O) groups is 1. The first-order chi connectivity index (χ1) is 10.4. The minimum atomic E-state index is -0.452. The van der Waals surface area contributed by atoms with E-state index in [2.05, 4.69) is 12.2 Å². The highest BCUT2D eigenvalue weighted by Crippen LogP contribution is 2.46. The molecule has 1 aromatic carbocycles. The van der Waals surface area contributed by atoms with Crippen LogP contribution in [0.25, 0.3) is 0 Å². The third-order valence-corrected chi connectivity index (χ3v) is 4.35. The molecule has 118 valence electrons. The van der Waals surface area contributed by atoms with Gasteiger partial charge >= 0.3 is 5.97 Å². The molecule has 1 fully saturated rings. The van der Waals surface area contributed by atoms with Crippen molar-refractivity contribution in [3.8, 4) is 0 Å². The van der Waals surface area contributed by atoms with Crippen molar-refractivity contribution in [2.45, 2.75) is 45.5 Å². The molecule has 1 aromatic rings. The van der Waals surface area contributed by atoms with Crippen molar-refractivity contribution < 1.29 is 14.3 Å². The molecule has 0 aromatic heterocycles. The lowest BCUT2D eigenvalue weighted by atomic mass is 9.90. The smallest absolute Gasteiger partial charge is 0.312 e. The Morgan fingerprint density at radius 3 is 2.50 bits per heavy atom. The van der Waals surface area contributed by atoms with E-state index in [1.807, 2.05) is 51.1 Å². The summed E-state index contributed by atoms with van der Waals surface area (Å²) in [5.41, 5.74) is 0.685. The normalized spacial score (nSPS) is 29.8. The van der Waals surface area contributed by atoms with Gasteiger partial charge in [0.15, 0.2) is 0 Å². The van der Waals surface area contributed by atoms with Crippen molar-refractivity contribution in [1.82, 2.24) is 0 Å². The summed E-state index contributed by atoms with van der Waals surface area (Å²) in [6, 6.07) is 10.1. The van der Waals surface area contributed by atoms with Gasteiger partial charge in [-0.1, -0.05) is 42.5 Å². The fourth-order valence-electron chi connectivity index (χ4n) is 3.45. The quantitative estimate of drug-likeness (QED) is 0.628. The van der Waals surface area contributed by atoms with Gasteiger partial charge < -0.3 is 9.47 Å². The molecule has 2 aliphatic carbocycles. The zero-order valence-corrected chi connectivity index (χ0v) is 13.5. The zero-order chi connectivity index (χ0) is 15.7. The van der Waals surface area contributed by atoms with E-state index in [9.17, 15) is 4.79 Å². The van der Waals surface area contributed by atoms with Gasteiger partial charge in [0, 0.05) is 5.92 Å². The van der Waals surface area contributed by atoms with Crippen molar-refractivity contribution in [3.05, 3.63) is 48.0 Å². The Kier molecular flexibility index (Phi) is 4.09. The summed E-state index contributed by atoms with van der Waals surface area (Å²) in [5.74, 6) is 0.312. The van der Waals surface area contributed by atoms with Gasteiger partial charge in [0.1, 0.15) is 5.60 Å². The van der Waals surface area contributed by atoms with Crippen molar-refractivity contribution in [1.29, 1.82) is 0 Å². The molecule has 22 heavy (non-hydrogen) atoms. The van der Waals surface area contributed by atoms with E-state index in [4.69, 9.17) is 9.47 Å². The molecule has 0 amide bonds. The average molecular weight is 300 g/mol. The van der Waals surface area contributed by atoms with Gasteiger partial charge in [-0.15, -0.1) is 0 Å². The van der Waals surface area contributed by atoms with Crippen LogP contribution in [0, 0.1) is 17.8 Å². The number of esters is 1. The number of benzene rings is 1.